The maximum absolute atomic E-state index is 13.2. The monoisotopic (exact) mass is 481 g/mol. The molecule has 31 heavy (non-hydrogen) atoms. The van der Waals surface area contributed by atoms with Crippen molar-refractivity contribution in [1.29, 1.82) is 0 Å². The first-order valence-electron chi connectivity index (χ1n) is 9.08. The molecule has 7 nitrogen and oxygen atoms in total. The van der Waals surface area contributed by atoms with Crippen LogP contribution in [0.25, 0.3) is 0 Å². The van der Waals surface area contributed by atoms with E-state index in [2.05, 4.69) is 20.8 Å². The van der Waals surface area contributed by atoms with Gasteiger partial charge < -0.3 is 15.2 Å². The molecular weight excluding hydrogens is 464 g/mol. The fourth-order valence-corrected chi connectivity index (χ4v) is 3.72. The molecule has 2 amide bonds. The molecule has 3 aromatic rings. The molecule has 0 aliphatic rings. The van der Waals surface area contributed by atoms with Crippen LogP contribution in [0.15, 0.2) is 47.6 Å². The Morgan fingerprint density at radius 3 is 2.65 bits per heavy atom. The number of carbonyl (C=O) groups is 2. The molecule has 1 heterocycles. The van der Waals surface area contributed by atoms with Crippen LogP contribution >= 0.6 is 35.0 Å². The zero-order valence-corrected chi connectivity index (χ0v) is 18.9. The number of halogens is 3. The van der Waals surface area contributed by atoms with E-state index >= 15 is 0 Å². The maximum Gasteiger partial charge on any atom is 0.251 e. The third kappa shape index (κ3) is 5.96. The topological polar surface area (TPSA) is 88.9 Å². The van der Waals surface area contributed by atoms with E-state index in [1.165, 1.54) is 36.0 Å². The Morgan fingerprint density at radius 1 is 1.16 bits per heavy atom. The molecule has 11 heteroatoms. The van der Waals surface area contributed by atoms with Gasteiger partial charge >= 0.3 is 0 Å². The number of thioether (sulfide) groups is 1. The molecule has 1 aromatic heterocycles. The predicted molar refractivity (Wildman–Crippen MR) is 119 cm³/mol. The van der Waals surface area contributed by atoms with Crippen molar-refractivity contribution in [3.8, 4) is 0 Å². The number of hydrogen-bond donors (Lipinski definition) is 2. The van der Waals surface area contributed by atoms with Gasteiger partial charge in [-0.15, -0.1) is 10.2 Å². The number of rotatable bonds is 7. The Kier molecular flexibility index (Phi) is 7.53. The Bertz CT molecular complexity index is 1120. The zero-order chi connectivity index (χ0) is 22.5. The summed E-state index contributed by atoms with van der Waals surface area (Å²) in [5, 5.41) is 14.8. The number of nitrogens with one attached hydrogen (secondary N) is 2. The van der Waals surface area contributed by atoms with Gasteiger partial charge in [0.1, 0.15) is 5.82 Å². The lowest BCUT2D eigenvalue weighted by Crippen LogP contribution is -2.28. The molecule has 0 spiro atoms. The van der Waals surface area contributed by atoms with Gasteiger partial charge in [-0.3, -0.25) is 9.59 Å². The first-order valence-corrected chi connectivity index (χ1v) is 10.8. The minimum Gasteiger partial charge on any atom is -0.342 e. The van der Waals surface area contributed by atoms with Crippen LogP contribution in [-0.2, 0) is 11.8 Å². The lowest BCUT2D eigenvalue weighted by atomic mass is 10.2. The maximum atomic E-state index is 13.2. The van der Waals surface area contributed by atoms with Crippen molar-refractivity contribution < 1.29 is 14.0 Å². The van der Waals surface area contributed by atoms with Gasteiger partial charge in [0.2, 0.25) is 5.91 Å². The second-order valence-corrected chi connectivity index (χ2v) is 8.33. The molecule has 162 valence electrons. The third-order valence-electron chi connectivity index (χ3n) is 4.23. The highest BCUT2D eigenvalue weighted by Gasteiger charge is 2.19. The van der Waals surface area contributed by atoms with Gasteiger partial charge in [-0.2, -0.15) is 0 Å². The van der Waals surface area contributed by atoms with Crippen molar-refractivity contribution in [1.82, 2.24) is 20.1 Å². The van der Waals surface area contributed by atoms with Crippen molar-refractivity contribution in [3.05, 3.63) is 69.7 Å². The van der Waals surface area contributed by atoms with Crippen molar-refractivity contribution in [3.63, 3.8) is 0 Å². The van der Waals surface area contributed by atoms with Crippen LogP contribution in [0.1, 0.15) is 29.1 Å². The van der Waals surface area contributed by atoms with Gasteiger partial charge in [0.05, 0.1) is 21.8 Å². The van der Waals surface area contributed by atoms with Gasteiger partial charge in [0, 0.05) is 18.3 Å². The summed E-state index contributed by atoms with van der Waals surface area (Å²) in [6.45, 7) is 1.77. The molecule has 1 atom stereocenters. The molecule has 0 radical (unpaired) electrons. The number of carbonyl (C=O) groups excluding carboxylic acids is 2. The van der Waals surface area contributed by atoms with E-state index in [1.807, 2.05) is 0 Å². The smallest absolute Gasteiger partial charge is 0.251 e. The summed E-state index contributed by atoms with van der Waals surface area (Å²) in [6.07, 6.45) is 0. The van der Waals surface area contributed by atoms with Crippen LogP contribution < -0.4 is 10.6 Å². The minimum atomic E-state index is -0.449. The number of hydrogen-bond acceptors (Lipinski definition) is 5. The first kappa shape index (κ1) is 23.1. The van der Waals surface area contributed by atoms with Gasteiger partial charge in [-0.25, -0.2) is 4.39 Å². The fraction of sp³-hybridized carbons (Fsp3) is 0.200. The number of nitrogens with zero attached hydrogens (tertiary/aromatic N) is 3. The Hall–Kier alpha value is -2.62. The summed E-state index contributed by atoms with van der Waals surface area (Å²) < 4.78 is 14.9. The number of anilines is 1. The Morgan fingerprint density at radius 2 is 1.94 bits per heavy atom. The van der Waals surface area contributed by atoms with E-state index in [9.17, 15) is 14.0 Å². The van der Waals surface area contributed by atoms with E-state index in [0.29, 0.717) is 27.3 Å². The van der Waals surface area contributed by atoms with Crippen molar-refractivity contribution in [2.45, 2.75) is 18.1 Å². The van der Waals surface area contributed by atoms with Gasteiger partial charge in [0.25, 0.3) is 5.91 Å². The first-order chi connectivity index (χ1) is 14.7. The molecule has 2 N–H and O–H groups in total. The Balaban J connectivity index is 1.59. The molecule has 0 unspecified atom stereocenters. The summed E-state index contributed by atoms with van der Waals surface area (Å²) in [6, 6.07) is 9.82. The normalized spacial score (nSPS) is 11.8. The predicted octanol–water partition coefficient (Wildman–Crippen LogP) is 4.48. The molecule has 0 fully saturated rings. The van der Waals surface area contributed by atoms with E-state index in [-0.39, 0.29) is 22.6 Å². The molecule has 2 aromatic carbocycles. The van der Waals surface area contributed by atoms with Crippen LogP contribution in [0.4, 0.5) is 10.1 Å². The summed E-state index contributed by atoms with van der Waals surface area (Å²) in [5.41, 5.74) is 0.745. The zero-order valence-electron chi connectivity index (χ0n) is 16.5. The third-order valence-corrected chi connectivity index (χ3v) is 5.99. The number of aromatic nitrogens is 3. The van der Waals surface area contributed by atoms with E-state index < -0.39 is 11.9 Å². The summed E-state index contributed by atoms with van der Waals surface area (Å²) in [5.74, 6) is -0.493. The quantitative estimate of drug-likeness (QED) is 0.485. The van der Waals surface area contributed by atoms with E-state index in [4.69, 9.17) is 23.2 Å². The van der Waals surface area contributed by atoms with E-state index in [1.54, 1.807) is 36.7 Å². The highest BCUT2D eigenvalue weighted by atomic mass is 35.5. The average Bonchev–Trinajstić information content (AvgIpc) is 3.09. The lowest BCUT2D eigenvalue weighted by Gasteiger charge is -2.14. The standard InChI is InChI=1S/C20H18Cl2FN5O2S/c1-11(24-19(30)12-6-7-15(21)16(22)8-12)18-26-27-20(28(18)2)31-10-17(29)25-14-5-3-4-13(23)9-14/h3-9,11H,10H2,1-2H3,(H,24,30)(H,25,29)/t11-/m1/s1. The SMILES string of the molecule is C[C@@H](NC(=O)c1ccc(Cl)c(Cl)c1)c1nnc(SCC(=O)Nc2cccc(F)c2)n1C. The largest absolute Gasteiger partial charge is 0.342 e. The van der Waals surface area contributed by atoms with Crippen LogP contribution in [0.5, 0.6) is 0 Å². The molecule has 0 saturated heterocycles. The minimum absolute atomic E-state index is 0.0620. The molecule has 0 aliphatic carbocycles. The lowest BCUT2D eigenvalue weighted by molar-refractivity contribution is -0.113. The highest BCUT2D eigenvalue weighted by molar-refractivity contribution is 7.99. The second kappa shape index (κ2) is 10.1. The van der Waals surface area contributed by atoms with Crippen LogP contribution in [0, 0.1) is 5.82 Å². The number of benzene rings is 2. The Labute approximate surface area is 192 Å². The molecule has 3 rings (SSSR count). The number of amides is 2. The molecule has 0 bridgehead atoms. The van der Waals surface area contributed by atoms with E-state index in [0.717, 1.165) is 0 Å². The van der Waals surface area contributed by atoms with Gasteiger partial charge in [-0.05, 0) is 43.3 Å². The van der Waals surface area contributed by atoms with Crippen LogP contribution in [0.2, 0.25) is 10.0 Å². The molecular formula is C20H18Cl2FN5O2S. The van der Waals surface area contributed by atoms with Gasteiger partial charge in [0.15, 0.2) is 11.0 Å². The van der Waals surface area contributed by atoms with Crippen LogP contribution in [0.3, 0.4) is 0 Å². The molecule has 0 saturated carbocycles. The van der Waals surface area contributed by atoms with Crippen molar-refractivity contribution in [2.24, 2.45) is 7.05 Å². The second-order valence-electron chi connectivity index (χ2n) is 6.57. The molecule has 0 aliphatic heterocycles. The fourth-order valence-electron chi connectivity index (χ4n) is 2.70. The summed E-state index contributed by atoms with van der Waals surface area (Å²) in [4.78, 5) is 24.6. The van der Waals surface area contributed by atoms with Gasteiger partial charge in [-0.1, -0.05) is 41.0 Å². The average molecular weight is 482 g/mol. The van der Waals surface area contributed by atoms with Crippen molar-refractivity contribution >= 4 is 52.5 Å². The summed E-state index contributed by atoms with van der Waals surface area (Å²) in [7, 11) is 1.74. The van der Waals surface area contributed by atoms with Crippen molar-refractivity contribution in [2.75, 3.05) is 11.1 Å². The highest BCUT2D eigenvalue weighted by Crippen LogP contribution is 2.23. The summed E-state index contributed by atoms with van der Waals surface area (Å²) >= 11 is 13.0. The van der Waals surface area contributed by atoms with Crippen LogP contribution in [-0.4, -0.2) is 32.3 Å².